The van der Waals surface area contributed by atoms with Gasteiger partial charge in [-0.2, -0.15) is 0 Å². The normalized spacial score (nSPS) is 21.0. The van der Waals surface area contributed by atoms with Crippen LogP contribution < -0.4 is 5.73 Å². The van der Waals surface area contributed by atoms with Gasteiger partial charge in [-0.15, -0.1) is 12.4 Å². The van der Waals surface area contributed by atoms with Crippen LogP contribution in [-0.2, 0) is 11.3 Å². The summed E-state index contributed by atoms with van der Waals surface area (Å²) in [5, 5.41) is 0. The van der Waals surface area contributed by atoms with E-state index in [1.165, 1.54) is 12.7 Å². The number of hydrogen-bond donors (Lipinski definition) is 2. The van der Waals surface area contributed by atoms with Crippen LogP contribution in [0.15, 0.2) is 42.5 Å². The van der Waals surface area contributed by atoms with E-state index in [1.54, 1.807) is 6.07 Å². The average molecular weight is 336 g/mol. The number of rotatable bonds is 4. The molecule has 1 aromatic heterocycles. The second kappa shape index (κ2) is 7.64. The lowest BCUT2D eigenvalue weighted by Gasteiger charge is -2.15. The number of carbonyl (C=O) groups is 1. The Hall–Kier alpha value is -1.82. The lowest BCUT2D eigenvalue weighted by atomic mass is 9.95. The Kier molecular flexibility index (Phi) is 5.82. The zero-order valence-corrected chi connectivity index (χ0v) is 13.9. The molecule has 1 aliphatic rings. The van der Waals surface area contributed by atoms with E-state index in [9.17, 15) is 4.79 Å². The Labute approximate surface area is 142 Å². The molecule has 5 nitrogen and oxygen atoms in total. The van der Waals surface area contributed by atoms with Gasteiger partial charge < -0.3 is 15.5 Å². The minimum atomic E-state index is -0.341. The third-order valence-corrected chi connectivity index (χ3v) is 4.21. The number of methoxy groups -OCH3 is 1. The van der Waals surface area contributed by atoms with Gasteiger partial charge in [0.15, 0.2) is 0 Å². The summed E-state index contributed by atoms with van der Waals surface area (Å²) >= 11 is 0. The average Bonchev–Trinajstić information content (AvgIpc) is 3.14. The summed E-state index contributed by atoms with van der Waals surface area (Å²) in [6.45, 7) is 2.54. The molecule has 0 saturated carbocycles. The van der Waals surface area contributed by atoms with Crippen molar-refractivity contribution < 1.29 is 9.53 Å². The van der Waals surface area contributed by atoms with Crippen LogP contribution in [0.2, 0.25) is 0 Å². The van der Waals surface area contributed by atoms with Crippen molar-refractivity contribution in [2.75, 3.05) is 20.2 Å². The van der Waals surface area contributed by atoms with Gasteiger partial charge in [0.25, 0.3) is 0 Å². The standard InChI is InChI=1S/C17H21N3O2.ClH/c1-22-17(21)16-8-7-13(19-16)9-20-10-14(15(18)11-20)12-5-3-2-4-6-12;/h2-8,14-15,19H,9-11,18H2,1H3;1H/t14-,15+;/m0./s1. The van der Waals surface area contributed by atoms with Crippen LogP contribution in [0.5, 0.6) is 0 Å². The van der Waals surface area contributed by atoms with E-state index in [0.717, 1.165) is 25.3 Å². The van der Waals surface area contributed by atoms with Crippen LogP contribution in [0.1, 0.15) is 27.7 Å². The number of hydrogen-bond acceptors (Lipinski definition) is 4. The fraction of sp³-hybridized carbons (Fsp3) is 0.353. The molecule has 0 bridgehead atoms. The van der Waals surface area contributed by atoms with Gasteiger partial charge in [0.1, 0.15) is 5.69 Å². The highest BCUT2D eigenvalue weighted by Crippen LogP contribution is 2.27. The lowest BCUT2D eigenvalue weighted by molar-refractivity contribution is 0.0594. The van der Waals surface area contributed by atoms with Gasteiger partial charge in [0.05, 0.1) is 7.11 Å². The minimum Gasteiger partial charge on any atom is -0.464 e. The maximum atomic E-state index is 11.5. The van der Waals surface area contributed by atoms with E-state index < -0.39 is 0 Å². The quantitative estimate of drug-likeness (QED) is 0.840. The molecule has 0 aliphatic carbocycles. The molecule has 1 saturated heterocycles. The summed E-state index contributed by atoms with van der Waals surface area (Å²) in [6, 6.07) is 14.2. The zero-order valence-electron chi connectivity index (χ0n) is 13.1. The Bertz CT molecular complexity index is 644. The van der Waals surface area contributed by atoms with Crippen LogP contribution in [-0.4, -0.2) is 42.1 Å². The van der Waals surface area contributed by atoms with Crippen molar-refractivity contribution in [1.82, 2.24) is 9.88 Å². The first-order valence-electron chi connectivity index (χ1n) is 7.46. The number of aromatic nitrogens is 1. The molecular formula is C17H22ClN3O2. The molecule has 23 heavy (non-hydrogen) atoms. The molecular weight excluding hydrogens is 314 g/mol. The van der Waals surface area contributed by atoms with Crippen LogP contribution >= 0.6 is 12.4 Å². The maximum absolute atomic E-state index is 11.5. The van der Waals surface area contributed by atoms with E-state index in [0.29, 0.717) is 11.6 Å². The minimum absolute atomic E-state index is 0. The number of H-pyrrole nitrogens is 1. The third kappa shape index (κ3) is 3.93. The number of benzene rings is 1. The van der Waals surface area contributed by atoms with E-state index in [2.05, 4.69) is 34.1 Å². The van der Waals surface area contributed by atoms with Crippen LogP contribution in [0, 0.1) is 0 Å². The van der Waals surface area contributed by atoms with Gasteiger partial charge >= 0.3 is 5.97 Å². The number of nitrogens with zero attached hydrogens (tertiary/aromatic N) is 1. The van der Waals surface area contributed by atoms with E-state index >= 15 is 0 Å². The fourth-order valence-corrected chi connectivity index (χ4v) is 3.10. The van der Waals surface area contributed by atoms with Gasteiger partial charge in [0, 0.05) is 37.3 Å². The van der Waals surface area contributed by atoms with Crippen LogP contribution in [0.3, 0.4) is 0 Å². The maximum Gasteiger partial charge on any atom is 0.354 e. The van der Waals surface area contributed by atoms with Crippen molar-refractivity contribution in [2.45, 2.75) is 18.5 Å². The predicted octanol–water partition coefficient (Wildman–Crippen LogP) is 2.15. The first kappa shape index (κ1) is 17.5. The number of nitrogens with two attached hydrogens (primary N) is 1. The van der Waals surface area contributed by atoms with Crippen molar-refractivity contribution in [3.63, 3.8) is 0 Å². The van der Waals surface area contributed by atoms with Crippen LogP contribution in [0.4, 0.5) is 0 Å². The van der Waals surface area contributed by atoms with Crippen molar-refractivity contribution >= 4 is 18.4 Å². The van der Waals surface area contributed by atoms with Crippen molar-refractivity contribution in [1.29, 1.82) is 0 Å². The second-order valence-electron chi connectivity index (χ2n) is 5.76. The molecule has 1 fully saturated rings. The summed E-state index contributed by atoms with van der Waals surface area (Å²) < 4.78 is 4.71. The summed E-state index contributed by atoms with van der Waals surface area (Å²) in [6.07, 6.45) is 0. The topological polar surface area (TPSA) is 71.3 Å². The lowest BCUT2D eigenvalue weighted by Crippen LogP contribution is -2.28. The summed E-state index contributed by atoms with van der Waals surface area (Å²) in [4.78, 5) is 16.9. The summed E-state index contributed by atoms with van der Waals surface area (Å²) in [5.41, 5.74) is 9.08. The molecule has 124 valence electrons. The van der Waals surface area contributed by atoms with Crippen molar-refractivity contribution in [2.24, 2.45) is 5.73 Å². The smallest absolute Gasteiger partial charge is 0.354 e. The van der Waals surface area contributed by atoms with Crippen LogP contribution in [0.25, 0.3) is 0 Å². The first-order valence-corrected chi connectivity index (χ1v) is 7.46. The Balaban J connectivity index is 0.00000192. The molecule has 2 aromatic rings. The Morgan fingerprint density at radius 2 is 2.00 bits per heavy atom. The monoisotopic (exact) mass is 335 g/mol. The molecule has 2 atom stereocenters. The molecule has 3 N–H and O–H groups in total. The van der Waals surface area contributed by atoms with E-state index in [4.69, 9.17) is 10.5 Å². The molecule has 0 amide bonds. The number of carbonyl (C=O) groups excluding carboxylic acids is 1. The number of ether oxygens (including phenoxy) is 1. The van der Waals surface area contributed by atoms with Gasteiger partial charge in [-0.3, -0.25) is 4.90 Å². The van der Waals surface area contributed by atoms with Crippen molar-refractivity contribution in [3.05, 3.63) is 59.4 Å². The molecule has 3 rings (SSSR count). The largest absolute Gasteiger partial charge is 0.464 e. The number of likely N-dealkylation sites (tertiary alicyclic amines) is 1. The number of halogens is 1. The summed E-state index contributed by atoms with van der Waals surface area (Å²) in [5.74, 6) is 0.0165. The van der Waals surface area contributed by atoms with E-state index in [1.807, 2.05) is 12.1 Å². The van der Waals surface area contributed by atoms with Gasteiger partial charge in [-0.05, 0) is 17.7 Å². The van der Waals surface area contributed by atoms with Gasteiger partial charge in [0.2, 0.25) is 0 Å². The van der Waals surface area contributed by atoms with E-state index in [-0.39, 0.29) is 24.4 Å². The predicted molar refractivity (Wildman–Crippen MR) is 91.8 cm³/mol. The molecule has 1 aromatic carbocycles. The Morgan fingerprint density at radius 1 is 1.26 bits per heavy atom. The number of aromatic amines is 1. The Morgan fingerprint density at radius 3 is 2.70 bits per heavy atom. The number of nitrogens with one attached hydrogen (secondary N) is 1. The highest BCUT2D eigenvalue weighted by molar-refractivity contribution is 5.87. The molecule has 6 heteroatoms. The van der Waals surface area contributed by atoms with Crippen molar-refractivity contribution in [3.8, 4) is 0 Å². The highest BCUT2D eigenvalue weighted by atomic mass is 35.5. The van der Waals surface area contributed by atoms with Gasteiger partial charge in [-0.25, -0.2) is 4.79 Å². The molecule has 1 aliphatic heterocycles. The number of esters is 1. The zero-order chi connectivity index (χ0) is 15.5. The summed E-state index contributed by atoms with van der Waals surface area (Å²) in [7, 11) is 1.38. The fourth-order valence-electron chi connectivity index (χ4n) is 3.10. The van der Waals surface area contributed by atoms with Gasteiger partial charge in [-0.1, -0.05) is 30.3 Å². The molecule has 0 radical (unpaired) electrons. The SMILES string of the molecule is COC(=O)c1ccc(CN2C[C@@H](N)[C@H](c3ccccc3)C2)[nH]1.Cl. The third-order valence-electron chi connectivity index (χ3n) is 4.21. The molecule has 2 heterocycles. The molecule has 0 spiro atoms. The first-order chi connectivity index (χ1) is 10.7. The highest BCUT2D eigenvalue weighted by Gasteiger charge is 2.31. The molecule has 0 unspecified atom stereocenters. The second-order valence-corrected chi connectivity index (χ2v) is 5.76.